The van der Waals surface area contributed by atoms with Gasteiger partial charge in [-0.3, -0.25) is 9.59 Å². The van der Waals surface area contributed by atoms with Crippen LogP contribution in [0.5, 0.6) is 0 Å². The molecule has 0 bridgehead atoms. The average Bonchev–Trinajstić information content (AvgIpc) is 3.27. The van der Waals surface area contributed by atoms with Crippen LogP contribution in [0.2, 0.25) is 0 Å². The molecule has 3 rings (SSSR count). The fourth-order valence-corrected chi connectivity index (χ4v) is 4.62. The maximum Gasteiger partial charge on any atom is 0.305 e. The number of carboxylic acid groups (broad SMARTS) is 1. The first kappa shape index (κ1) is 30.8. The lowest BCUT2D eigenvalue weighted by Crippen LogP contribution is -2.31. The van der Waals surface area contributed by atoms with Gasteiger partial charge in [0.25, 0.3) is 5.91 Å². The van der Waals surface area contributed by atoms with Gasteiger partial charge in [-0.25, -0.2) is 17.9 Å². The molecule has 1 heterocycles. The normalized spacial score (nSPS) is 12.9. The molecule has 0 aliphatic heterocycles. The van der Waals surface area contributed by atoms with Crippen LogP contribution in [0, 0.1) is 17.5 Å². The van der Waals surface area contributed by atoms with Gasteiger partial charge in [0.05, 0.1) is 24.3 Å². The minimum Gasteiger partial charge on any atom is -0.481 e. The maximum atomic E-state index is 13.8. The van der Waals surface area contributed by atoms with Crippen LogP contribution in [0.15, 0.2) is 42.5 Å². The van der Waals surface area contributed by atoms with E-state index in [1.807, 2.05) is 13.8 Å². The smallest absolute Gasteiger partial charge is 0.305 e. The first-order valence-electron chi connectivity index (χ1n) is 13.1. The lowest BCUT2D eigenvalue weighted by Gasteiger charge is -2.21. The van der Waals surface area contributed by atoms with Gasteiger partial charge in [-0.15, -0.1) is 0 Å². The van der Waals surface area contributed by atoms with Crippen molar-refractivity contribution in [3.05, 3.63) is 82.4 Å². The van der Waals surface area contributed by atoms with E-state index in [-0.39, 0.29) is 44.0 Å². The predicted molar refractivity (Wildman–Crippen MR) is 142 cm³/mol. The van der Waals surface area contributed by atoms with Crippen LogP contribution in [0.25, 0.3) is 5.69 Å². The number of carbonyl (C=O) groups excluding carboxylic acids is 1. The number of aliphatic carboxylic acids is 1. The number of amides is 1. The molecule has 8 nitrogen and oxygen atoms in total. The number of hydrogen-bond donors (Lipinski definition) is 3. The van der Waals surface area contributed by atoms with E-state index in [1.54, 1.807) is 6.92 Å². The Morgan fingerprint density at radius 3 is 2.25 bits per heavy atom. The topological polar surface area (TPSA) is 116 Å². The van der Waals surface area contributed by atoms with Crippen LogP contribution in [-0.2, 0) is 17.8 Å². The molecule has 0 saturated carbocycles. The fourth-order valence-electron chi connectivity index (χ4n) is 4.62. The Bertz CT molecular complexity index is 1330. The number of halogens is 3. The number of carboxylic acids is 1. The Labute approximate surface area is 230 Å². The van der Waals surface area contributed by atoms with Crippen LogP contribution >= 0.6 is 0 Å². The monoisotopic (exact) mass is 561 g/mol. The van der Waals surface area contributed by atoms with Crippen molar-refractivity contribution in [2.75, 3.05) is 6.54 Å². The second-order valence-corrected chi connectivity index (χ2v) is 10.00. The number of benzene rings is 2. The van der Waals surface area contributed by atoms with E-state index in [4.69, 9.17) is 5.11 Å². The van der Waals surface area contributed by atoms with Crippen molar-refractivity contribution >= 4 is 11.9 Å². The molecule has 2 atom stereocenters. The molecule has 216 valence electrons. The summed E-state index contributed by atoms with van der Waals surface area (Å²) in [5, 5.41) is 33.9. The molecule has 0 aliphatic carbocycles. The van der Waals surface area contributed by atoms with Gasteiger partial charge in [0.2, 0.25) is 0 Å². The molecule has 3 aromatic rings. The van der Waals surface area contributed by atoms with Crippen molar-refractivity contribution in [1.29, 1.82) is 0 Å². The highest BCUT2D eigenvalue weighted by Crippen LogP contribution is 2.29. The third-order valence-electron chi connectivity index (χ3n) is 6.57. The average molecular weight is 562 g/mol. The number of aliphatic hydroxyl groups excluding tert-OH is 2. The van der Waals surface area contributed by atoms with Crippen molar-refractivity contribution in [2.45, 2.75) is 71.1 Å². The van der Waals surface area contributed by atoms with E-state index in [0.29, 0.717) is 22.5 Å². The number of carbonyl (C=O) groups is 2. The number of aliphatic hydroxyl groups is 2. The van der Waals surface area contributed by atoms with Crippen molar-refractivity contribution in [3.63, 3.8) is 0 Å². The summed E-state index contributed by atoms with van der Waals surface area (Å²) < 4.78 is 42.4. The van der Waals surface area contributed by atoms with Gasteiger partial charge in [-0.1, -0.05) is 19.9 Å². The Kier molecular flexibility index (Phi) is 10.5. The summed E-state index contributed by atoms with van der Waals surface area (Å²) in [6, 6.07) is 8.98. The highest BCUT2D eigenvalue weighted by molar-refractivity contribution is 5.94. The van der Waals surface area contributed by atoms with E-state index in [1.165, 1.54) is 39.9 Å². The Hall–Kier alpha value is -3.70. The fraction of sp³-hybridized carbons (Fsp3) is 0.414. The van der Waals surface area contributed by atoms with Gasteiger partial charge in [0.15, 0.2) is 17.3 Å². The summed E-state index contributed by atoms with van der Waals surface area (Å²) >= 11 is 0. The maximum absolute atomic E-state index is 13.8. The zero-order valence-electron chi connectivity index (χ0n) is 22.6. The molecule has 3 N–H and O–H groups in total. The molecule has 0 saturated heterocycles. The molecule has 1 aromatic heterocycles. The summed E-state index contributed by atoms with van der Waals surface area (Å²) in [6.07, 6.45) is -2.51. The van der Waals surface area contributed by atoms with Crippen LogP contribution in [0.3, 0.4) is 0 Å². The van der Waals surface area contributed by atoms with Crippen molar-refractivity contribution in [2.24, 2.45) is 0 Å². The van der Waals surface area contributed by atoms with E-state index < -0.39 is 48.0 Å². The molecule has 0 aliphatic rings. The first-order chi connectivity index (χ1) is 18.9. The zero-order valence-corrected chi connectivity index (χ0v) is 22.6. The van der Waals surface area contributed by atoms with Crippen LogP contribution in [0.4, 0.5) is 13.2 Å². The third kappa shape index (κ3) is 7.70. The van der Waals surface area contributed by atoms with Gasteiger partial charge < -0.3 is 20.2 Å². The summed E-state index contributed by atoms with van der Waals surface area (Å²) in [6.45, 7) is 5.79. The van der Waals surface area contributed by atoms with Gasteiger partial charge in [-0.05, 0) is 74.1 Å². The summed E-state index contributed by atoms with van der Waals surface area (Å²) in [4.78, 5) is 26.1. The Morgan fingerprint density at radius 2 is 1.68 bits per heavy atom. The second kappa shape index (κ2) is 13.6. The lowest BCUT2D eigenvalue weighted by molar-refractivity contribution is -0.139. The lowest BCUT2D eigenvalue weighted by atomic mass is 9.95. The van der Waals surface area contributed by atoms with Gasteiger partial charge in [0.1, 0.15) is 5.82 Å². The Morgan fingerprint density at radius 1 is 1.00 bits per heavy atom. The molecular weight excluding hydrogens is 527 g/mol. The van der Waals surface area contributed by atoms with E-state index in [0.717, 1.165) is 12.1 Å². The standard InChI is InChI=1S/C29H34F3N3O5/c1-4-34(16-18-5-11-23(31)24(32)13-18)29(40)28-27(17(2)3)25(12-10-21(36)14-22(37)15-26(38)39)35(33-28)20-8-6-19(30)7-9-20/h5-9,11,13,17,21-22,36-37H,4,10,12,14-16H2,1-3H3,(H,38,39). The summed E-state index contributed by atoms with van der Waals surface area (Å²) in [5.74, 6) is -4.26. The summed E-state index contributed by atoms with van der Waals surface area (Å²) in [5.41, 5.74) is 2.24. The minimum atomic E-state index is -1.22. The molecule has 2 unspecified atom stereocenters. The summed E-state index contributed by atoms with van der Waals surface area (Å²) in [7, 11) is 0. The molecule has 0 spiro atoms. The third-order valence-corrected chi connectivity index (χ3v) is 6.57. The van der Waals surface area contributed by atoms with E-state index >= 15 is 0 Å². The molecule has 2 aromatic carbocycles. The molecule has 1 amide bonds. The first-order valence-corrected chi connectivity index (χ1v) is 13.1. The molecule has 0 radical (unpaired) electrons. The van der Waals surface area contributed by atoms with E-state index in [9.17, 15) is 33.0 Å². The molecule has 40 heavy (non-hydrogen) atoms. The van der Waals surface area contributed by atoms with Gasteiger partial charge in [-0.2, -0.15) is 5.10 Å². The van der Waals surface area contributed by atoms with Crippen molar-refractivity contribution in [3.8, 4) is 5.69 Å². The SMILES string of the molecule is CCN(Cc1ccc(F)c(F)c1)C(=O)c1nn(-c2ccc(F)cc2)c(CCC(O)CC(O)CC(=O)O)c1C(C)C. The predicted octanol–water partition coefficient (Wildman–Crippen LogP) is 4.59. The molecule has 11 heteroatoms. The number of aromatic nitrogens is 2. The highest BCUT2D eigenvalue weighted by Gasteiger charge is 2.29. The van der Waals surface area contributed by atoms with Crippen LogP contribution in [-0.4, -0.2) is 60.6 Å². The highest BCUT2D eigenvalue weighted by atomic mass is 19.2. The van der Waals surface area contributed by atoms with Crippen LogP contribution in [0.1, 0.15) is 73.3 Å². The quantitative estimate of drug-likeness (QED) is 0.281. The molecular formula is C29H34F3N3O5. The van der Waals surface area contributed by atoms with Crippen molar-refractivity contribution < 1.29 is 38.1 Å². The largest absolute Gasteiger partial charge is 0.481 e. The van der Waals surface area contributed by atoms with Gasteiger partial charge >= 0.3 is 5.97 Å². The van der Waals surface area contributed by atoms with E-state index in [2.05, 4.69) is 5.10 Å². The number of nitrogens with zero attached hydrogens (tertiary/aromatic N) is 3. The van der Waals surface area contributed by atoms with Gasteiger partial charge in [0, 0.05) is 24.3 Å². The molecule has 0 fully saturated rings. The second-order valence-electron chi connectivity index (χ2n) is 10.00. The zero-order chi connectivity index (χ0) is 29.6. The van der Waals surface area contributed by atoms with Crippen LogP contribution < -0.4 is 0 Å². The number of rotatable bonds is 13. The number of hydrogen-bond acceptors (Lipinski definition) is 5. The minimum absolute atomic E-state index is 0.0169. The van der Waals surface area contributed by atoms with Crippen molar-refractivity contribution in [1.82, 2.24) is 14.7 Å². The Balaban J connectivity index is 1.99.